The van der Waals surface area contributed by atoms with Crippen LogP contribution in [0.4, 0.5) is 0 Å². The van der Waals surface area contributed by atoms with Crippen molar-refractivity contribution in [2.24, 2.45) is 0 Å². The number of carbonyl (C=O) groups excluding carboxylic acids is 1. The number of Topliss-reactive ketones (excluding diaryl/α,β-unsaturated/α-hetero) is 1. The number of aliphatic hydroxyl groups is 1. The summed E-state index contributed by atoms with van der Waals surface area (Å²) < 4.78 is 0. The topological polar surface area (TPSA) is 40.5 Å². The van der Waals surface area contributed by atoms with Gasteiger partial charge in [0.05, 0.1) is 0 Å². The Morgan fingerprint density at radius 2 is 1.89 bits per heavy atom. The van der Waals surface area contributed by atoms with Gasteiger partial charge in [-0.2, -0.15) is 0 Å². The first-order valence-corrected chi connectivity index (χ1v) is 6.67. The predicted octanol–water partition coefficient (Wildman–Crippen LogP) is 1.77. The minimum atomic E-state index is -0.871. The molecule has 1 atom stereocenters. The SMILES string of the molecule is C[C@@H](O)C(=O)Cc1ccccc1CN1CCCC1. The molecule has 2 rings (SSSR count). The normalized spacial score (nSPS) is 17.9. The highest BCUT2D eigenvalue weighted by atomic mass is 16.3. The van der Waals surface area contributed by atoms with Crippen LogP contribution in [-0.4, -0.2) is 35.0 Å². The summed E-state index contributed by atoms with van der Waals surface area (Å²) >= 11 is 0. The van der Waals surface area contributed by atoms with Gasteiger partial charge in [-0.15, -0.1) is 0 Å². The molecular formula is C15H21NO2. The zero-order valence-corrected chi connectivity index (χ0v) is 10.9. The third-order valence-electron chi connectivity index (χ3n) is 3.54. The first kappa shape index (κ1) is 13.2. The second-order valence-corrected chi connectivity index (χ2v) is 5.07. The van der Waals surface area contributed by atoms with Crippen molar-refractivity contribution < 1.29 is 9.90 Å². The molecule has 1 N–H and O–H groups in total. The Balaban J connectivity index is 2.07. The quantitative estimate of drug-likeness (QED) is 0.862. The molecule has 0 spiro atoms. The smallest absolute Gasteiger partial charge is 0.165 e. The molecule has 0 aromatic heterocycles. The van der Waals surface area contributed by atoms with Crippen LogP contribution >= 0.6 is 0 Å². The third-order valence-corrected chi connectivity index (χ3v) is 3.54. The summed E-state index contributed by atoms with van der Waals surface area (Å²) in [5, 5.41) is 9.30. The monoisotopic (exact) mass is 247 g/mol. The Labute approximate surface area is 108 Å². The summed E-state index contributed by atoms with van der Waals surface area (Å²) in [5.41, 5.74) is 2.27. The van der Waals surface area contributed by atoms with Gasteiger partial charge in [0.15, 0.2) is 5.78 Å². The van der Waals surface area contributed by atoms with E-state index in [1.54, 1.807) is 0 Å². The molecule has 18 heavy (non-hydrogen) atoms. The first-order chi connectivity index (χ1) is 8.66. The van der Waals surface area contributed by atoms with Crippen LogP contribution in [0.2, 0.25) is 0 Å². The van der Waals surface area contributed by atoms with Gasteiger partial charge in [0.1, 0.15) is 6.10 Å². The van der Waals surface area contributed by atoms with Crippen LogP contribution in [0.5, 0.6) is 0 Å². The number of aliphatic hydroxyl groups excluding tert-OH is 1. The Kier molecular flexibility index (Phi) is 4.50. The Morgan fingerprint density at radius 3 is 2.50 bits per heavy atom. The standard InChI is InChI=1S/C15H21NO2/c1-12(17)15(18)10-13-6-2-3-7-14(13)11-16-8-4-5-9-16/h2-3,6-7,12,17H,4-5,8-11H2,1H3/t12-/m1/s1. The number of rotatable bonds is 5. The van der Waals surface area contributed by atoms with Crippen molar-refractivity contribution in [2.45, 2.75) is 38.8 Å². The van der Waals surface area contributed by atoms with Gasteiger partial charge in [-0.05, 0) is 44.0 Å². The maximum Gasteiger partial charge on any atom is 0.165 e. The van der Waals surface area contributed by atoms with Gasteiger partial charge in [-0.3, -0.25) is 9.69 Å². The number of hydrogen-bond acceptors (Lipinski definition) is 3. The van der Waals surface area contributed by atoms with Crippen LogP contribution in [0, 0.1) is 0 Å². The van der Waals surface area contributed by atoms with Gasteiger partial charge in [-0.25, -0.2) is 0 Å². The molecule has 1 aliphatic rings. The van der Waals surface area contributed by atoms with E-state index >= 15 is 0 Å². The number of hydrogen-bond donors (Lipinski definition) is 1. The fourth-order valence-electron chi connectivity index (χ4n) is 2.40. The van der Waals surface area contributed by atoms with Crippen LogP contribution in [0.1, 0.15) is 30.9 Å². The predicted molar refractivity (Wildman–Crippen MR) is 71.3 cm³/mol. The fourth-order valence-corrected chi connectivity index (χ4v) is 2.40. The van der Waals surface area contributed by atoms with Crippen molar-refractivity contribution in [2.75, 3.05) is 13.1 Å². The highest BCUT2D eigenvalue weighted by Crippen LogP contribution is 2.17. The van der Waals surface area contributed by atoms with Gasteiger partial charge in [0.2, 0.25) is 0 Å². The van der Waals surface area contributed by atoms with Gasteiger partial charge in [-0.1, -0.05) is 24.3 Å². The van der Waals surface area contributed by atoms with Crippen LogP contribution in [0.15, 0.2) is 24.3 Å². The summed E-state index contributed by atoms with van der Waals surface area (Å²) in [7, 11) is 0. The maximum atomic E-state index is 11.6. The van der Waals surface area contributed by atoms with E-state index in [0.29, 0.717) is 6.42 Å². The summed E-state index contributed by atoms with van der Waals surface area (Å²) in [4.78, 5) is 14.1. The Bertz CT molecular complexity index is 409. The molecule has 1 aliphatic heterocycles. The summed E-state index contributed by atoms with van der Waals surface area (Å²) in [5.74, 6) is -0.108. The molecule has 98 valence electrons. The van der Waals surface area contributed by atoms with Gasteiger partial charge < -0.3 is 5.11 Å². The van der Waals surface area contributed by atoms with Crippen LogP contribution in [-0.2, 0) is 17.8 Å². The minimum absolute atomic E-state index is 0.108. The van der Waals surface area contributed by atoms with E-state index in [2.05, 4.69) is 11.0 Å². The number of likely N-dealkylation sites (tertiary alicyclic amines) is 1. The van der Waals surface area contributed by atoms with Crippen LogP contribution in [0.25, 0.3) is 0 Å². The summed E-state index contributed by atoms with van der Waals surface area (Å²) in [6, 6.07) is 8.05. The number of carbonyl (C=O) groups is 1. The highest BCUT2D eigenvalue weighted by molar-refractivity contribution is 5.84. The molecule has 3 nitrogen and oxygen atoms in total. The molecule has 0 radical (unpaired) electrons. The number of benzene rings is 1. The van der Waals surface area contributed by atoms with E-state index in [0.717, 1.165) is 25.2 Å². The van der Waals surface area contributed by atoms with E-state index < -0.39 is 6.10 Å². The maximum absolute atomic E-state index is 11.6. The van der Waals surface area contributed by atoms with Crippen molar-refractivity contribution >= 4 is 5.78 Å². The second-order valence-electron chi connectivity index (χ2n) is 5.07. The molecule has 1 heterocycles. The van der Waals surface area contributed by atoms with Crippen molar-refractivity contribution in [1.82, 2.24) is 4.90 Å². The lowest BCUT2D eigenvalue weighted by atomic mass is 10.00. The molecule has 0 bridgehead atoms. The number of ketones is 1. The lowest BCUT2D eigenvalue weighted by Gasteiger charge is -2.17. The molecule has 0 unspecified atom stereocenters. The fraction of sp³-hybridized carbons (Fsp3) is 0.533. The molecule has 3 heteroatoms. The molecule has 1 aromatic carbocycles. The molecule has 1 fully saturated rings. The Hall–Kier alpha value is -1.19. The van der Waals surface area contributed by atoms with Crippen molar-refractivity contribution in [3.8, 4) is 0 Å². The zero-order valence-electron chi connectivity index (χ0n) is 10.9. The van der Waals surface area contributed by atoms with Crippen LogP contribution < -0.4 is 0 Å². The van der Waals surface area contributed by atoms with Gasteiger partial charge in [0, 0.05) is 13.0 Å². The minimum Gasteiger partial charge on any atom is -0.386 e. The first-order valence-electron chi connectivity index (χ1n) is 6.67. The summed E-state index contributed by atoms with van der Waals surface area (Å²) in [6.45, 7) is 4.76. The largest absolute Gasteiger partial charge is 0.386 e. The number of nitrogens with zero attached hydrogens (tertiary/aromatic N) is 1. The average molecular weight is 247 g/mol. The summed E-state index contributed by atoms with van der Waals surface area (Å²) in [6.07, 6.45) is 2.01. The molecule has 1 saturated heterocycles. The third kappa shape index (κ3) is 3.40. The molecule has 0 amide bonds. The van der Waals surface area contributed by atoms with E-state index in [-0.39, 0.29) is 5.78 Å². The lowest BCUT2D eigenvalue weighted by molar-refractivity contribution is -0.125. The molecule has 0 aliphatic carbocycles. The second kappa shape index (κ2) is 6.12. The van der Waals surface area contributed by atoms with E-state index in [1.807, 2.05) is 18.2 Å². The van der Waals surface area contributed by atoms with Crippen LogP contribution in [0.3, 0.4) is 0 Å². The average Bonchev–Trinajstić information content (AvgIpc) is 2.84. The van der Waals surface area contributed by atoms with E-state index in [1.165, 1.54) is 25.3 Å². The molecule has 0 saturated carbocycles. The van der Waals surface area contributed by atoms with E-state index in [4.69, 9.17) is 0 Å². The van der Waals surface area contributed by atoms with Gasteiger partial charge >= 0.3 is 0 Å². The van der Waals surface area contributed by atoms with Crippen molar-refractivity contribution in [3.05, 3.63) is 35.4 Å². The molecule has 1 aromatic rings. The highest BCUT2D eigenvalue weighted by Gasteiger charge is 2.16. The Morgan fingerprint density at radius 1 is 1.28 bits per heavy atom. The lowest BCUT2D eigenvalue weighted by Crippen LogP contribution is -2.22. The van der Waals surface area contributed by atoms with Gasteiger partial charge in [0.25, 0.3) is 0 Å². The van der Waals surface area contributed by atoms with Crippen molar-refractivity contribution in [3.63, 3.8) is 0 Å². The van der Waals surface area contributed by atoms with Crippen molar-refractivity contribution in [1.29, 1.82) is 0 Å². The van der Waals surface area contributed by atoms with E-state index in [9.17, 15) is 9.90 Å². The zero-order chi connectivity index (χ0) is 13.0. The molecular weight excluding hydrogens is 226 g/mol.